The Balaban J connectivity index is 2.05. The second kappa shape index (κ2) is 7.92. The predicted octanol–water partition coefficient (Wildman–Crippen LogP) is 4.61. The van der Waals surface area contributed by atoms with Crippen LogP contribution in [-0.4, -0.2) is 23.7 Å². The van der Waals surface area contributed by atoms with Crippen LogP contribution in [0.25, 0.3) is 0 Å². The van der Waals surface area contributed by atoms with E-state index in [2.05, 4.69) is 0 Å². The number of benzene rings is 2. The number of esters is 1. The minimum Gasteiger partial charge on any atom is -0.478 e. The van der Waals surface area contributed by atoms with Crippen molar-refractivity contribution in [1.82, 2.24) is 0 Å². The lowest BCUT2D eigenvalue weighted by atomic mass is 9.99. The zero-order chi connectivity index (χ0) is 18.6. The first-order valence-electron chi connectivity index (χ1n) is 8.09. The fourth-order valence-corrected chi connectivity index (χ4v) is 2.47. The van der Waals surface area contributed by atoms with Gasteiger partial charge in [0.1, 0.15) is 5.82 Å². The number of carboxylic acids is 1. The van der Waals surface area contributed by atoms with E-state index in [0.29, 0.717) is 11.1 Å². The van der Waals surface area contributed by atoms with E-state index in [0.717, 1.165) is 5.56 Å². The molecule has 0 aliphatic heterocycles. The van der Waals surface area contributed by atoms with Crippen LogP contribution in [0.2, 0.25) is 0 Å². The van der Waals surface area contributed by atoms with Crippen LogP contribution in [-0.2, 0) is 4.74 Å². The van der Waals surface area contributed by atoms with Gasteiger partial charge >= 0.3 is 11.9 Å². The molecule has 1 atom stereocenters. The van der Waals surface area contributed by atoms with Gasteiger partial charge < -0.3 is 9.84 Å². The van der Waals surface area contributed by atoms with Crippen molar-refractivity contribution < 1.29 is 23.8 Å². The fraction of sp³-hybridized carbons (Fsp3) is 0.300. The van der Waals surface area contributed by atoms with E-state index < -0.39 is 11.9 Å². The Morgan fingerprint density at radius 2 is 1.80 bits per heavy atom. The SMILES string of the molecule is CC(C)c1cc(C(=O)OCC(C)c2cccc(C(=O)O)c2)ccc1F. The lowest BCUT2D eigenvalue weighted by Crippen LogP contribution is -2.12. The van der Waals surface area contributed by atoms with E-state index in [1.807, 2.05) is 20.8 Å². The first-order chi connectivity index (χ1) is 11.8. The Labute approximate surface area is 146 Å². The zero-order valence-corrected chi connectivity index (χ0v) is 14.5. The van der Waals surface area contributed by atoms with E-state index in [9.17, 15) is 14.0 Å². The summed E-state index contributed by atoms with van der Waals surface area (Å²) in [6, 6.07) is 10.7. The molecule has 0 aliphatic carbocycles. The van der Waals surface area contributed by atoms with Crippen molar-refractivity contribution in [3.8, 4) is 0 Å². The number of hydrogen-bond donors (Lipinski definition) is 1. The van der Waals surface area contributed by atoms with Crippen LogP contribution in [0.3, 0.4) is 0 Å². The molecule has 0 amide bonds. The number of carbonyl (C=O) groups excluding carboxylic acids is 1. The van der Waals surface area contributed by atoms with Crippen molar-refractivity contribution >= 4 is 11.9 Å². The van der Waals surface area contributed by atoms with Gasteiger partial charge in [0.05, 0.1) is 17.7 Å². The minimum atomic E-state index is -1.00. The van der Waals surface area contributed by atoms with Crippen molar-refractivity contribution in [3.05, 3.63) is 70.5 Å². The van der Waals surface area contributed by atoms with Crippen LogP contribution < -0.4 is 0 Å². The highest BCUT2D eigenvalue weighted by Crippen LogP contribution is 2.21. The molecule has 5 heteroatoms. The number of rotatable bonds is 6. The first-order valence-corrected chi connectivity index (χ1v) is 8.09. The van der Waals surface area contributed by atoms with E-state index in [1.54, 1.807) is 18.2 Å². The van der Waals surface area contributed by atoms with Crippen LogP contribution in [0, 0.1) is 5.82 Å². The Hall–Kier alpha value is -2.69. The van der Waals surface area contributed by atoms with Crippen molar-refractivity contribution in [3.63, 3.8) is 0 Å². The second-order valence-electron chi connectivity index (χ2n) is 6.32. The van der Waals surface area contributed by atoms with Gasteiger partial charge in [-0.25, -0.2) is 14.0 Å². The standard InChI is InChI=1S/C20H21FO4/c1-12(2)17-10-16(7-8-18(17)21)20(24)25-11-13(3)14-5-4-6-15(9-14)19(22)23/h4-10,12-13H,11H2,1-3H3,(H,22,23). The zero-order valence-electron chi connectivity index (χ0n) is 14.5. The number of carbonyl (C=O) groups is 2. The number of hydrogen-bond acceptors (Lipinski definition) is 3. The molecule has 4 nitrogen and oxygen atoms in total. The fourth-order valence-electron chi connectivity index (χ4n) is 2.47. The highest BCUT2D eigenvalue weighted by Gasteiger charge is 2.15. The monoisotopic (exact) mass is 344 g/mol. The minimum absolute atomic E-state index is 0.0366. The normalized spacial score (nSPS) is 12.0. The summed E-state index contributed by atoms with van der Waals surface area (Å²) >= 11 is 0. The molecule has 2 rings (SSSR count). The quantitative estimate of drug-likeness (QED) is 0.778. The van der Waals surface area contributed by atoms with Gasteiger partial charge in [-0.15, -0.1) is 0 Å². The molecule has 0 saturated heterocycles. The smallest absolute Gasteiger partial charge is 0.338 e. The molecular formula is C20H21FO4. The summed E-state index contributed by atoms with van der Waals surface area (Å²) in [6.07, 6.45) is 0. The van der Waals surface area contributed by atoms with Crippen LogP contribution in [0.5, 0.6) is 0 Å². The lowest BCUT2D eigenvalue weighted by Gasteiger charge is -2.14. The number of carboxylic acid groups (broad SMARTS) is 1. The summed E-state index contributed by atoms with van der Waals surface area (Å²) in [5.74, 6) is -2.06. The Morgan fingerprint density at radius 1 is 1.08 bits per heavy atom. The molecule has 0 radical (unpaired) electrons. The maximum absolute atomic E-state index is 13.7. The molecule has 132 valence electrons. The number of ether oxygens (including phenoxy) is 1. The molecule has 0 aliphatic rings. The highest BCUT2D eigenvalue weighted by atomic mass is 19.1. The van der Waals surface area contributed by atoms with Gasteiger partial charge in [0.15, 0.2) is 0 Å². The van der Waals surface area contributed by atoms with Crippen LogP contribution >= 0.6 is 0 Å². The second-order valence-corrected chi connectivity index (χ2v) is 6.32. The van der Waals surface area contributed by atoms with E-state index >= 15 is 0 Å². The average molecular weight is 344 g/mol. The van der Waals surface area contributed by atoms with Gasteiger partial charge in [-0.1, -0.05) is 32.9 Å². The Bertz CT molecular complexity index is 783. The molecule has 1 unspecified atom stereocenters. The lowest BCUT2D eigenvalue weighted by molar-refractivity contribution is 0.0484. The molecule has 0 bridgehead atoms. The van der Waals surface area contributed by atoms with Crippen molar-refractivity contribution in [2.24, 2.45) is 0 Å². The molecule has 0 saturated carbocycles. The first kappa shape index (κ1) is 18.6. The van der Waals surface area contributed by atoms with Gasteiger partial charge in [-0.3, -0.25) is 0 Å². The number of aromatic carboxylic acids is 1. The maximum atomic E-state index is 13.7. The summed E-state index contributed by atoms with van der Waals surface area (Å²) < 4.78 is 19.0. The van der Waals surface area contributed by atoms with Gasteiger partial charge in [0, 0.05) is 5.92 Å². The van der Waals surface area contributed by atoms with Gasteiger partial charge in [-0.05, 0) is 47.4 Å². The van der Waals surface area contributed by atoms with Gasteiger partial charge in [-0.2, -0.15) is 0 Å². The molecule has 2 aromatic rings. The van der Waals surface area contributed by atoms with Crippen LogP contribution in [0.1, 0.15) is 64.4 Å². The van der Waals surface area contributed by atoms with Crippen molar-refractivity contribution in [2.75, 3.05) is 6.61 Å². The summed E-state index contributed by atoms with van der Waals surface area (Å²) in [6.45, 7) is 5.66. The molecule has 0 aromatic heterocycles. The molecule has 0 spiro atoms. The summed E-state index contributed by atoms with van der Waals surface area (Å²) in [4.78, 5) is 23.2. The molecule has 25 heavy (non-hydrogen) atoms. The largest absolute Gasteiger partial charge is 0.478 e. The van der Waals surface area contributed by atoms with Crippen LogP contribution in [0.15, 0.2) is 42.5 Å². The third kappa shape index (κ3) is 4.66. The van der Waals surface area contributed by atoms with E-state index in [-0.39, 0.29) is 29.8 Å². The summed E-state index contributed by atoms with van der Waals surface area (Å²) in [5, 5.41) is 9.03. The van der Waals surface area contributed by atoms with Crippen molar-refractivity contribution in [2.45, 2.75) is 32.6 Å². The molecule has 2 aromatic carbocycles. The van der Waals surface area contributed by atoms with Gasteiger partial charge in [0.2, 0.25) is 0 Å². The van der Waals surface area contributed by atoms with E-state index in [4.69, 9.17) is 9.84 Å². The Morgan fingerprint density at radius 3 is 2.44 bits per heavy atom. The summed E-state index contributed by atoms with van der Waals surface area (Å²) in [5.41, 5.74) is 1.73. The molecule has 1 N–H and O–H groups in total. The number of halogens is 1. The highest BCUT2D eigenvalue weighted by molar-refractivity contribution is 5.89. The van der Waals surface area contributed by atoms with Crippen molar-refractivity contribution in [1.29, 1.82) is 0 Å². The Kier molecular flexibility index (Phi) is 5.91. The maximum Gasteiger partial charge on any atom is 0.338 e. The molecule has 0 fully saturated rings. The van der Waals surface area contributed by atoms with E-state index in [1.165, 1.54) is 24.3 Å². The average Bonchev–Trinajstić information content (AvgIpc) is 2.59. The van der Waals surface area contributed by atoms with Crippen LogP contribution in [0.4, 0.5) is 4.39 Å². The predicted molar refractivity (Wildman–Crippen MR) is 92.6 cm³/mol. The third-order valence-electron chi connectivity index (χ3n) is 4.02. The third-order valence-corrected chi connectivity index (χ3v) is 4.02. The topological polar surface area (TPSA) is 63.6 Å². The molecular weight excluding hydrogens is 323 g/mol. The van der Waals surface area contributed by atoms with Gasteiger partial charge in [0.25, 0.3) is 0 Å². The summed E-state index contributed by atoms with van der Waals surface area (Å²) in [7, 11) is 0. The molecule has 0 heterocycles.